The number of halogens is 2. The van der Waals surface area contributed by atoms with Crippen molar-refractivity contribution in [1.29, 1.82) is 0 Å². The van der Waals surface area contributed by atoms with Gasteiger partial charge < -0.3 is 5.32 Å². The van der Waals surface area contributed by atoms with Crippen molar-refractivity contribution in [2.45, 2.75) is 17.0 Å². The van der Waals surface area contributed by atoms with Crippen LogP contribution in [0.5, 0.6) is 0 Å². The fraction of sp³-hybridized carbons (Fsp3) is 0.105. The van der Waals surface area contributed by atoms with Crippen LogP contribution in [-0.2, 0) is 5.75 Å². The first-order valence-corrected chi connectivity index (χ1v) is 10.7. The fourth-order valence-corrected chi connectivity index (χ4v) is 4.27. The molecule has 0 atom stereocenters. The van der Waals surface area contributed by atoms with Crippen molar-refractivity contribution in [2.24, 2.45) is 0 Å². The maximum absolute atomic E-state index is 13.6. The zero-order valence-corrected chi connectivity index (χ0v) is 17.6. The minimum absolute atomic E-state index is 0.165. The highest BCUT2D eigenvalue weighted by atomic mass is 32.2. The number of aryl methyl sites for hydroxylation is 1. The number of aromatic nitrogens is 4. The van der Waals surface area contributed by atoms with Gasteiger partial charge in [-0.15, -0.1) is 10.2 Å². The molecule has 3 heterocycles. The molecule has 0 aliphatic heterocycles. The van der Waals surface area contributed by atoms with E-state index in [1.165, 1.54) is 22.2 Å². The minimum Gasteiger partial charge on any atom is -0.305 e. The van der Waals surface area contributed by atoms with Crippen molar-refractivity contribution in [3.05, 3.63) is 75.8 Å². The summed E-state index contributed by atoms with van der Waals surface area (Å²) in [6, 6.07) is 7.20. The number of amides is 2. The topological polar surface area (TPSA) is 101 Å². The third kappa shape index (κ3) is 5.03. The van der Waals surface area contributed by atoms with Crippen LogP contribution in [0.15, 0.2) is 51.7 Å². The molecule has 1 aromatic carbocycles. The number of fused-ring (bicyclic) bond motifs is 1. The molecule has 0 unspecified atom stereocenters. The maximum atomic E-state index is 13.6. The van der Waals surface area contributed by atoms with Crippen molar-refractivity contribution < 1.29 is 13.6 Å². The van der Waals surface area contributed by atoms with E-state index in [1.807, 2.05) is 13.0 Å². The first kappa shape index (κ1) is 20.9. The van der Waals surface area contributed by atoms with Crippen LogP contribution in [0, 0.1) is 18.6 Å². The van der Waals surface area contributed by atoms with Crippen molar-refractivity contribution in [1.82, 2.24) is 19.6 Å². The molecule has 12 heteroatoms. The molecule has 0 saturated carbocycles. The van der Waals surface area contributed by atoms with Gasteiger partial charge in [0, 0.05) is 24.1 Å². The first-order chi connectivity index (χ1) is 14.9. The third-order valence-electron chi connectivity index (χ3n) is 4.01. The van der Waals surface area contributed by atoms with Gasteiger partial charge in [0.15, 0.2) is 4.34 Å². The normalized spacial score (nSPS) is 10.9. The summed E-state index contributed by atoms with van der Waals surface area (Å²) in [6.45, 7) is 1.90. The van der Waals surface area contributed by atoms with Gasteiger partial charge in [-0.25, -0.2) is 18.6 Å². The smallest absolute Gasteiger partial charge is 0.305 e. The summed E-state index contributed by atoms with van der Waals surface area (Å²) in [4.78, 5) is 28.7. The number of nitrogens with zero attached hydrogens (tertiary/aromatic N) is 4. The second-order valence-corrected chi connectivity index (χ2v) is 8.59. The van der Waals surface area contributed by atoms with Gasteiger partial charge in [-0.2, -0.15) is 0 Å². The summed E-state index contributed by atoms with van der Waals surface area (Å²) in [5.41, 5.74) is 1.76. The van der Waals surface area contributed by atoms with Gasteiger partial charge in [0.2, 0.25) is 5.13 Å². The van der Waals surface area contributed by atoms with Crippen LogP contribution in [0.4, 0.5) is 24.4 Å². The zero-order valence-electron chi connectivity index (χ0n) is 15.9. The van der Waals surface area contributed by atoms with E-state index in [-0.39, 0.29) is 16.4 Å². The van der Waals surface area contributed by atoms with Crippen LogP contribution >= 0.6 is 23.1 Å². The lowest BCUT2D eigenvalue weighted by Crippen LogP contribution is -2.20. The highest BCUT2D eigenvalue weighted by molar-refractivity contribution is 8.00. The number of anilines is 2. The number of thioether (sulfide) groups is 1. The summed E-state index contributed by atoms with van der Waals surface area (Å²) in [7, 11) is 0. The average Bonchev–Trinajstić information content (AvgIpc) is 3.16. The molecule has 0 radical (unpaired) electrons. The monoisotopic (exact) mass is 460 g/mol. The quantitative estimate of drug-likeness (QED) is 0.344. The first-order valence-electron chi connectivity index (χ1n) is 8.86. The van der Waals surface area contributed by atoms with E-state index in [1.54, 1.807) is 12.3 Å². The second kappa shape index (κ2) is 8.78. The van der Waals surface area contributed by atoms with Crippen molar-refractivity contribution >= 4 is 45.6 Å². The predicted molar refractivity (Wildman–Crippen MR) is 115 cm³/mol. The molecule has 2 amide bonds. The molecule has 0 bridgehead atoms. The van der Waals surface area contributed by atoms with Gasteiger partial charge in [-0.3, -0.25) is 14.5 Å². The fourth-order valence-electron chi connectivity index (χ4n) is 2.63. The van der Waals surface area contributed by atoms with Gasteiger partial charge in [0.05, 0.1) is 11.4 Å². The predicted octanol–water partition coefficient (Wildman–Crippen LogP) is 4.07. The van der Waals surface area contributed by atoms with Crippen LogP contribution < -0.4 is 16.2 Å². The Balaban J connectivity index is 1.38. The number of hydrogen-bond acceptors (Lipinski definition) is 7. The molecule has 4 rings (SSSR count). The van der Waals surface area contributed by atoms with E-state index in [0.717, 1.165) is 29.0 Å². The summed E-state index contributed by atoms with van der Waals surface area (Å²) >= 11 is 2.42. The number of urea groups is 1. The number of pyridine rings is 1. The Labute approximate surface area is 182 Å². The molecule has 4 aromatic rings. The Morgan fingerprint density at radius 1 is 1.16 bits per heavy atom. The van der Waals surface area contributed by atoms with Gasteiger partial charge in [0.1, 0.15) is 17.3 Å². The van der Waals surface area contributed by atoms with Gasteiger partial charge >= 0.3 is 6.03 Å². The third-order valence-corrected chi connectivity index (χ3v) is 6.02. The molecule has 0 aliphatic carbocycles. The number of nitrogens with one attached hydrogen (secondary N) is 2. The highest BCUT2D eigenvalue weighted by Crippen LogP contribution is 2.28. The van der Waals surface area contributed by atoms with Crippen molar-refractivity contribution in [3.63, 3.8) is 0 Å². The lowest BCUT2D eigenvalue weighted by atomic mass is 10.3. The summed E-state index contributed by atoms with van der Waals surface area (Å²) in [5, 5.41) is 12.7. The largest absolute Gasteiger partial charge is 0.325 e. The van der Waals surface area contributed by atoms with E-state index in [2.05, 4.69) is 25.8 Å². The molecule has 0 saturated heterocycles. The number of hydrogen-bond donors (Lipinski definition) is 2. The lowest BCUT2D eigenvalue weighted by Gasteiger charge is -2.06. The Hall–Kier alpha value is -3.38. The molecule has 0 aliphatic rings. The number of benzene rings is 1. The van der Waals surface area contributed by atoms with Gasteiger partial charge in [-0.1, -0.05) is 29.2 Å². The summed E-state index contributed by atoms with van der Waals surface area (Å²) < 4.78 is 28.6. The Morgan fingerprint density at radius 2 is 2.00 bits per heavy atom. The van der Waals surface area contributed by atoms with E-state index >= 15 is 0 Å². The second-order valence-electron chi connectivity index (χ2n) is 6.39. The Bertz CT molecular complexity index is 1340. The summed E-state index contributed by atoms with van der Waals surface area (Å²) in [6.07, 6.45) is 1.73. The average molecular weight is 460 g/mol. The number of carbonyl (C=O) groups is 1. The van der Waals surface area contributed by atoms with E-state index in [0.29, 0.717) is 27.5 Å². The van der Waals surface area contributed by atoms with Crippen LogP contribution in [-0.4, -0.2) is 25.6 Å². The molecule has 31 heavy (non-hydrogen) atoms. The molecule has 158 valence electrons. The maximum Gasteiger partial charge on any atom is 0.325 e. The van der Waals surface area contributed by atoms with Crippen LogP contribution in [0.25, 0.3) is 5.65 Å². The van der Waals surface area contributed by atoms with Gasteiger partial charge in [-0.05, 0) is 30.7 Å². The minimum atomic E-state index is -0.891. The molecule has 0 fully saturated rings. The molecule has 3 aromatic heterocycles. The molecular formula is C19H14F2N6O2S2. The standard InChI is InChI=1S/C19H14F2N6O2S2/c1-10-2-5-15-22-12(7-16(28)27(15)8-10)9-30-19-26-25-18(31-19)24-17(29)23-14-4-3-11(20)6-13(14)21/h2-8H,9H2,1H3,(H2,23,24,25,29). The van der Waals surface area contributed by atoms with Crippen LogP contribution in [0.2, 0.25) is 0 Å². The molecular weight excluding hydrogens is 446 g/mol. The molecule has 2 N–H and O–H groups in total. The van der Waals surface area contributed by atoms with Crippen molar-refractivity contribution in [3.8, 4) is 0 Å². The van der Waals surface area contributed by atoms with Crippen LogP contribution in [0.1, 0.15) is 11.3 Å². The zero-order chi connectivity index (χ0) is 22.0. The van der Waals surface area contributed by atoms with Crippen LogP contribution in [0.3, 0.4) is 0 Å². The Morgan fingerprint density at radius 3 is 2.81 bits per heavy atom. The highest BCUT2D eigenvalue weighted by Gasteiger charge is 2.12. The SMILES string of the molecule is Cc1ccc2nc(CSc3nnc(NC(=O)Nc4ccc(F)cc4F)s3)cc(=O)n2c1. The number of carbonyl (C=O) groups excluding carboxylic acids is 1. The van der Waals surface area contributed by atoms with Gasteiger partial charge in [0.25, 0.3) is 5.56 Å². The van der Waals surface area contributed by atoms with E-state index in [9.17, 15) is 18.4 Å². The van der Waals surface area contributed by atoms with E-state index in [4.69, 9.17) is 0 Å². The lowest BCUT2D eigenvalue weighted by molar-refractivity contribution is 0.262. The Kier molecular flexibility index (Phi) is 5.91. The van der Waals surface area contributed by atoms with Crippen molar-refractivity contribution in [2.75, 3.05) is 10.6 Å². The molecule has 0 spiro atoms. The molecule has 8 nitrogen and oxygen atoms in total. The summed E-state index contributed by atoms with van der Waals surface area (Å²) in [5.74, 6) is -1.24. The number of rotatable bonds is 5. The van der Waals surface area contributed by atoms with E-state index < -0.39 is 17.7 Å².